The van der Waals surface area contributed by atoms with Crippen molar-refractivity contribution in [2.24, 2.45) is 40.4 Å². The number of thioether (sulfide) groups is 1. The van der Waals surface area contributed by atoms with Crippen LogP contribution in [0.4, 0.5) is 4.39 Å². The number of aliphatic hydroxyl groups excluding tert-OH is 1. The highest BCUT2D eigenvalue weighted by atomic mass is 79.9. The van der Waals surface area contributed by atoms with Crippen LogP contribution in [0.2, 0.25) is 0 Å². The van der Waals surface area contributed by atoms with E-state index in [9.17, 15) is 43.4 Å². The van der Waals surface area contributed by atoms with Crippen LogP contribution in [0.3, 0.4) is 0 Å². The Bertz CT molecular complexity index is 1870. The summed E-state index contributed by atoms with van der Waals surface area (Å²) in [7, 11) is 0. The molecule has 0 aromatic rings. The molecular formula is C44H57BrFN3O10S. The number of hydrogen-bond acceptors (Lipinski definition) is 10. The molecule has 5 N–H and O–H groups in total. The van der Waals surface area contributed by atoms with Gasteiger partial charge in [-0.3, -0.25) is 28.8 Å². The zero-order valence-electron chi connectivity index (χ0n) is 34.2. The van der Waals surface area contributed by atoms with Crippen LogP contribution >= 0.6 is 27.7 Å². The van der Waals surface area contributed by atoms with E-state index in [2.05, 4.69) is 51.0 Å². The number of alkyl halides is 2. The van der Waals surface area contributed by atoms with Gasteiger partial charge in [-0.1, -0.05) is 71.4 Å². The van der Waals surface area contributed by atoms with E-state index in [0.717, 1.165) is 62.5 Å². The lowest BCUT2D eigenvalue weighted by molar-refractivity contribution is -0.187. The summed E-state index contributed by atoms with van der Waals surface area (Å²) < 4.78 is 27.4. The second kappa shape index (κ2) is 18.3. The number of rotatable bonds is 14. The number of carboxylic acid groups (broad SMARTS) is 1. The number of carboxylic acids is 1. The molecule has 328 valence electrons. The fourth-order valence-corrected chi connectivity index (χ4v) is 13.0. The first-order valence-electron chi connectivity index (χ1n) is 21.3. The average Bonchev–Trinajstić information content (AvgIpc) is 3.72. The maximum absolute atomic E-state index is 14.1. The van der Waals surface area contributed by atoms with Crippen LogP contribution in [0.1, 0.15) is 90.9 Å². The first kappa shape index (κ1) is 44.9. The number of halogens is 2. The number of nitrogens with one attached hydrogen (secondary N) is 3. The van der Waals surface area contributed by atoms with Crippen LogP contribution in [0, 0.1) is 40.4 Å². The maximum atomic E-state index is 14.1. The van der Waals surface area contributed by atoms with Crippen molar-refractivity contribution in [3.63, 3.8) is 0 Å². The molecule has 60 heavy (non-hydrogen) atoms. The van der Waals surface area contributed by atoms with Gasteiger partial charge in [-0.15, -0.1) is 0 Å². The van der Waals surface area contributed by atoms with Gasteiger partial charge in [-0.05, 0) is 106 Å². The molecule has 1 heterocycles. The molecule has 13 nitrogen and oxygen atoms in total. The van der Waals surface area contributed by atoms with Crippen LogP contribution in [-0.4, -0.2) is 98.9 Å². The van der Waals surface area contributed by atoms with Crippen LogP contribution in [0.25, 0.3) is 0 Å². The van der Waals surface area contributed by atoms with Gasteiger partial charge in [-0.25, -0.2) is 4.39 Å². The number of fused-ring (bicyclic) bond motifs is 7. The molecule has 0 aromatic carbocycles. The third kappa shape index (κ3) is 8.61. The molecule has 0 bridgehead atoms. The van der Waals surface area contributed by atoms with Gasteiger partial charge in [0.15, 0.2) is 17.7 Å². The summed E-state index contributed by atoms with van der Waals surface area (Å²) in [5.74, 6) is -1.89. The summed E-state index contributed by atoms with van der Waals surface area (Å²) >= 11 is 3.62. The van der Waals surface area contributed by atoms with Crippen molar-refractivity contribution in [1.29, 1.82) is 0 Å². The summed E-state index contributed by atoms with van der Waals surface area (Å²) in [6.07, 6.45) is 16.4. The zero-order valence-corrected chi connectivity index (χ0v) is 36.6. The van der Waals surface area contributed by atoms with E-state index in [4.69, 9.17) is 9.47 Å². The van der Waals surface area contributed by atoms with Crippen molar-refractivity contribution in [3.05, 3.63) is 47.6 Å². The van der Waals surface area contributed by atoms with Crippen molar-refractivity contribution in [1.82, 2.24) is 16.0 Å². The lowest BCUT2D eigenvalue weighted by Gasteiger charge is -2.59. The molecule has 0 aromatic heterocycles. The Kier molecular flexibility index (Phi) is 13.7. The molecule has 1 aliphatic heterocycles. The van der Waals surface area contributed by atoms with Gasteiger partial charge in [0.1, 0.15) is 12.0 Å². The van der Waals surface area contributed by atoms with Crippen molar-refractivity contribution < 1.29 is 52.8 Å². The second-order valence-electron chi connectivity index (χ2n) is 18.3. The number of ether oxygens (including phenoxy) is 2. The SMILES string of the molecule is C[C@]12C=CC(=O)C=C1CC[C@@H]1C2[C@@H](O)C[C@@]2(C)C1C[C@H]1O[C@@H](C3=CCC(CC4CCC(NC(=O)[C@H](CCC(=O)O)NC(=O)CNC(=O)CBr)CC4)C=C3)O[C@]12C(=O)SCF. The Morgan fingerprint density at radius 2 is 1.85 bits per heavy atom. The zero-order chi connectivity index (χ0) is 43.0. The predicted molar refractivity (Wildman–Crippen MR) is 224 cm³/mol. The average molecular weight is 919 g/mol. The predicted octanol–water partition coefficient (Wildman–Crippen LogP) is 4.97. The number of aliphatic carboxylic acids is 1. The molecule has 6 aliphatic carbocycles. The molecule has 4 saturated carbocycles. The Hall–Kier alpha value is -3.18. The van der Waals surface area contributed by atoms with Gasteiger partial charge in [-0.2, -0.15) is 0 Å². The minimum absolute atomic E-state index is 0.00200. The molecule has 7 aliphatic rings. The minimum Gasteiger partial charge on any atom is -0.481 e. The number of aliphatic hydroxyl groups is 1. The normalized spacial score (nSPS) is 38.3. The van der Waals surface area contributed by atoms with E-state index in [0.29, 0.717) is 30.5 Å². The second-order valence-corrected chi connectivity index (χ2v) is 19.7. The highest BCUT2D eigenvalue weighted by Crippen LogP contribution is 2.70. The van der Waals surface area contributed by atoms with Crippen LogP contribution in [0.15, 0.2) is 47.6 Å². The van der Waals surface area contributed by atoms with Gasteiger partial charge in [0.2, 0.25) is 22.8 Å². The highest BCUT2D eigenvalue weighted by Gasteiger charge is 2.76. The van der Waals surface area contributed by atoms with Crippen LogP contribution in [0.5, 0.6) is 0 Å². The Morgan fingerprint density at radius 3 is 2.53 bits per heavy atom. The number of ketones is 1. The molecule has 0 spiro atoms. The molecule has 3 amide bonds. The lowest BCUT2D eigenvalue weighted by Crippen LogP contribution is -2.62. The molecule has 7 rings (SSSR count). The summed E-state index contributed by atoms with van der Waals surface area (Å²) in [4.78, 5) is 74.7. The first-order valence-corrected chi connectivity index (χ1v) is 23.4. The summed E-state index contributed by atoms with van der Waals surface area (Å²) in [5, 5.41) is 28.8. The third-order valence-electron chi connectivity index (χ3n) is 14.9. The largest absolute Gasteiger partial charge is 0.481 e. The topological polar surface area (TPSA) is 197 Å². The number of carbonyl (C=O) groups excluding carboxylic acids is 5. The summed E-state index contributed by atoms with van der Waals surface area (Å²) in [6, 6.07) is -2.03. The number of carbonyl (C=O) groups is 6. The number of hydrogen-bond donors (Lipinski definition) is 5. The van der Waals surface area contributed by atoms with Gasteiger partial charge >= 0.3 is 5.97 Å². The van der Waals surface area contributed by atoms with Gasteiger partial charge in [0.05, 0.1) is 24.1 Å². The van der Waals surface area contributed by atoms with Gasteiger partial charge < -0.3 is 35.6 Å². The van der Waals surface area contributed by atoms with Crippen LogP contribution < -0.4 is 16.0 Å². The monoisotopic (exact) mass is 917 g/mol. The number of amides is 3. The Balaban J connectivity index is 0.938. The van der Waals surface area contributed by atoms with Gasteiger partial charge in [0.25, 0.3) is 0 Å². The van der Waals surface area contributed by atoms with Crippen molar-refractivity contribution in [2.45, 2.75) is 127 Å². The third-order valence-corrected chi connectivity index (χ3v) is 16.1. The standard InChI is InChI=1S/C44H57BrFN3O10S/c1-42-16-15-29(50)18-27(42)9-12-30-31-19-34-44(41(57)60-23-46,43(31,2)20-33(51)38(30)42)59-40(58-34)26-7-3-24(4-8-26)17-25-5-10-28(11-6-25)48-39(56)32(13-14-37(54)55)49-36(53)22-47-35(52)21-45/h3,7-8,15-16,18,24-25,28,30-34,38,40,51H,4-6,9-14,17,19-23H2,1-2H3,(H,47,52)(H,48,56)(H,49,53)(H,54,55)/t24?,25?,28?,30-,31?,32-,33-,34+,38?,40+,42-,43-,44-/m0/s1. The molecular weight excluding hydrogens is 861 g/mol. The fourth-order valence-electron chi connectivity index (χ4n) is 12.0. The van der Waals surface area contributed by atoms with E-state index in [1.165, 1.54) is 0 Å². The van der Waals surface area contributed by atoms with E-state index in [1.54, 1.807) is 12.2 Å². The molecule has 3 unspecified atom stereocenters. The van der Waals surface area contributed by atoms with Crippen LogP contribution in [-0.2, 0) is 38.2 Å². The van der Waals surface area contributed by atoms with E-state index in [1.807, 2.05) is 19.1 Å². The smallest absolute Gasteiger partial charge is 0.303 e. The van der Waals surface area contributed by atoms with E-state index >= 15 is 0 Å². The van der Waals surface area contributed by atoms with Gasteiger partial charge in [0, 0.05) is 34.8 Å². The summed E-state index contributed by atoms with van der Waals surface area (Å²) in [6.45, 7) is 3.81. The molecule has 5 fully saturated rings. The van der Waals surface area contributed by atoms with Crippen molar-refractivity contribution in [2.75, 3.05) is 17.9 Å². The fraction of sp³-hybridized carbons (Fsp3) is 0.682. The molecule has 0 radical (unpaired) electrons. The molecule has 16 heteroatoms. The molecule has 1 saturated heterocycles. The molecule has 11 atom stereocenters. The van der Waals surface area contributed by atoms with Crippen molar-refractivity contribution in [3.8, 4) is 0 Å². The highest BCUT2D eigenvalue weighted by molar-refractivity contribution is 9.09. The van der Waals surface area contributed by atoms with E-state index < -0.39 is 64.8 Å². The Labute approximate surface area is 362 Å². The summed E-state index contributed by atoms with van der Waals surface area (Å²) in [5.41, 5.74) is -0.804. The quantitative estimate of drug-likeness (QED) is 0.148. The Morgan fingerprint density at radius 1 is 1.08 bits per heavy atom. The lowest BCUT2D eigenvalue weighted by atomic mass is 9.46. The van der Waals surface area contributed by atoms with E-state index in [-0.39, 0.29) is 71.2 Å². The number of allylic oxidation sites excluding steroid dienone is 6. The minimum atomic E-state index is -1.42. The maximum Gasteiger partial charge on any atom is 0.303 e. The van der Waals surface area contributed by atoms with Crippen molar-refractivity contribution >= 4 is 62.3 Å². The first-order chi connectivity index (χ1) is 28.6.